The van der Waals surface area contributed by atoms with E-state index in [4.69, 9.17) is 16.9 Å². The van der Waals surface area contributed by atoms with Gasteiger partial charge in [0, 0.05) is 28.3 Å². The van der Waals surface area contributed by atoms with Crippen LogP contribution in [0.4, 0.5) is 0 Å². The Labute approximate surface area is 121 Å². The van der Waals surface area contributed by atoms with Gasteiger partial charge in [0.2, 0.25) is 0 Å². The van der Waals surface area contributed by atoms with Gasteiger partial charge in [0.05, 0.1) is 0 Å². The molecule has 0 unspecified atom stereocenters. The fraction of sp³-hybridized carbons (Fsp3) is 0.667. The van der Waals surface area contributed by atoms with Gasteiger partial charge in [-0.25, -0.2) is 0 Å². The number of guanidine groups is 2. The number of nitrogens with zero attached hydrogens (tertiary/aromatic N) is 1. The summed E-state index contributed by atoms with van der Waals surface area (Å²) >= 11 is 0. The summed E-state index contributed by atoms with van der Waals surface area (Å²) in [6.07, 6.45) is 2.08. The Kier molecular flexibility index (Phi) is 76.3. The second-order valence-electron chi connectivity index (χ2n) is 2.16. The molecule has 11 heteroatoms. The number of nitrogens with one attached hydrogen (secondary N) is 2. The van der Waals surface area contributed by atoms with Crippen LogP contribution in [0.1, 0.15) is 19.8 Å². The van der Waals surface area contributed by atoms with E-state index in [1.165, 1.54) is 0 Å². The first-order valence-corrected chi connectivity index (χ1v) is 3.57. The summed E-state index contributed by atoms with van der Waals surface area (Å²) in [5.41, 5.74) is 10.3. The molecule has 0 aromatic heterocycles. The van der Waals surface area contributed by atoms with Crippen LogP contribution in [-0.4, -0.2) is 40.4 Å². The molecule has 0 rings (SSSR count). The van der Waals surface area contributed by atoms with Crippen LogP contribution in [0.5, 0.6) is 0 Å². The van der Waals surface area contributed by atoms with Gasteiger partial charge >= 0.3 is 0 Å². The molecule has 0 heterocycles. The maximum Gasteiger partial charge on any atom is 0.195 e. The molecule has 0 aliphatic heterocycles. The van der Waals surface area contributed by atoms with Crippen molar-refractivity contribution >= 4 is 24.3 Å². The second-order valence-corrected chi connectivity index (χ2v) is 2.16. The minimum absolute atomic E-state index is 0. The summed E-state index contributed by atoms with van der Waals surface area (Å²) in [6, 6.07) is 0. The van der Waals surface area contributed by atoms with E-state index in [9.17, 15) is 0 Å². The zero-order valence-electron chi connectivity index (χ0n) is 9.63. The predicted octanol–water partition coefficient (Wildman–Crippen LogP) is -3.30. The zero-order chi connectivity index (χ0) is 8.69. The average Bonchev–Trinajstić information content (AvgIpc) is 1.86. The largest absolute Gasteiger partial charge is 0.412 e. The van der Waals surface area contributed by atoms with Crippen molar-refractivity contribution in [3.05, 3.63) is 0 Å². The fourth-order valence-corrected chi connectivity index (χ4v) is 0.535. The molecule has 0 bridgehead atoms. The van der Waals surface area contributed by atoms with Crippen LogP contribution >= 0.6 is 12.4 Å². The van der Waals surface area contributed by atoms with Crippen LogP contribution in [0.2, 0.25) is 0 Å². The SMILES string of the molecule is CCCCN=C(N)NC(=N)N.Cl.O.O.O.O.[Ti]. The Balaban J connectivity index is -0.0000000333. The van der Waals surface area contributed by atoms with Crippen molar-refractivity contribution in [3.63, 3.8) is 0 Å². The van der Waals surface area contributed by atoms with Crippen LogP contribution < -0.4 is 16.8 Å². The van der Waals surface area contributed by atoms with Gasteiger partial charge < -0.3 is 33.4 Å². The van der Waals surface area contributed by atoms with E-state index in [0.717, 1.165) is 12.8 Å². The van der Waals surface area contributed by atoms with Crippen LogP contribution in [0.3, 0.4) is 0 Å². The van der Waals surface area contributed by atoms with E-state index >= 15 is 0 Å². The van der Waals surface area contributed by atoms with E-state index in [1.54, 1.807) is 0 Å². The Morgan fingerprint density at radius 3 is 1.88 bits per heavy atom. The summed E-state index contributed by atoms with van der Waals surface area (Å²) < 4.78 is 0. The molecular formula is C6H24ClN5O4Ti. The number of rotatable bonds is 3. The molecule has 0 aliphatic carbocycles. The quantitative estimate of drug-likeness (QED) is 0.182. The van der Waals surface area contributed by atoms with Gasteiger partial charge in [0.15, 0.2) is 11.9 Å². The predicted molar refractivity (Wildman–Crippen MR) is 68.2 cm³/mol. The number of hydrogen-bond donors (Lipinski definition) is 4. The van der Waals surface area contributed by atoms with E-state index in [0.29, 0.717) is 6.54 Å². The molecule has 0 saturated carbocycles. The standard InChI is InChI=1S/C6H15N5.ClH.4H2O.Ti/c1-2-3-4-10-6(9)11-5(7)8;;;;;;/h2-4H2,1H3,(H6,7,8,9,10,11);1H;4*1H2;. The number of nitrogens with two attached hydrogens (primary N) is 2. The maximum absolute atomic E-state index is 6.81. The van der Waals surface area contributed by atoms with Crippen molar-refractivity contribution in [2.45, 2.75) is 19.8 Å². The van der Waals surface area contributed by atoms with Gasteiger partial charge in [-0.1, -0.05) is 13.3 Å². The molecule has 0 amide bonds. The smallest absolute Gasteiger partial charge is 0.195 e. The molecule has 17 heavy (non-hydrogen) atoms. The summed E-state index contributed by atoms with van der Waals surface area (Å²) in [4.78, 5) is 3.92. The first kappa shape index (κ1) is 43.8. The minimum atomic E-state index is -0.178. The van der Waals surface area contributed by atoms with Gasteiger partial charge in [0.25, 0.3) is 0 Å². The molecule has 108 valence electrons. The molecule has 0 fully saturated rings. The normalized spacial score (nSPS) is 7.24. The van der Waals surface area contributed by atoms with Crippen LogP contribution in [0.15, 0.2) is 4.99 Å². The summed E-state index contributed by atoms with van der Waals surface area (Å²) in [5, 5.41) is 9.20. The maximum atomic E-state index is 6.81. The molecule has 0 aromatic carbocycles. The third-order valence-electron chi connectivity index (χ3n) is 1.06. The number of aliphatic imine (C=N–C) groups is 1. The fourth-order valence-electron chi connectivity index (χ4n) is 0.535. The Morgan fingerprint density at radius 1 is 1.18 bits per heavy atom. The van der Waals surface area contributed by atoms with Gasteiger partial charge in [-0.15, -0.1) is 12.4 Å². The van der Waals surface area contributed by atoms with Crippen LogP contribution in [0, 0.1) is 5.41 Å². The second kappa shape index (κ2) is 29.6. The zero-order valence-corrected chi connectivity index (χ0v) is 12.0. The third-order valence-corrected chi connectivity index (χ3v) is 1.06. The summed E-state index contributed by atoms with van der Waals surface area (Å²) in [5.74, 6) is 0.0358. The Bertz CT molecular complexity index is 174. The topological polar surface area (TPSA) is 226 Å². The summed E-state index contributed by atoms with van der Waals surface area (Å²) in [7, 11) is 0. The molecule has 0 saturated heterocycles. The van der Waals surface area contributed by atoms with Gasteiger partial charge in [0.1, 0.15) is 0 Å². The number of halogens is 1. The molecule has 0 aromatic rings. The molecule has 0 atom stereocenters. The first-order chi connectivity index (χ1) is 5.16. The first-order valence-electron chi connectivity index (χ1n) is 3.57. The van der Waals surface area contributed by atoms with Crippen molar-refractivity contribution < 1.29 is 43.6 Å². The summed E-state index contributed by atoms with van der Waals surface area (Å²) in [6.45, 7) is 2.76. The molecular weight excluding hydrogens is 289 g/mol. The monoisotopic (exact) mass is 313 g/mol. The molecule has 9 nitrogen and oxygen atoms in total. The Hall–Kier alpha value is -0.416. The Morgan fingerprint density at radius 2 is 1.59 bits per heavy atom. The van der Waals surface area contributed by atoms with Crippen molar-refractivity contribution in [1.82, 2.24) is 5.32 Å². The number of unbranched alkanes of at least 4 members (excludes halogenated alkanes) is 1. The molecule has 0 spiro atoms. The van der Waals surface area contributed by atoms with Gasteiger partial charge in [-0.2, -0.15) is 0 Å². The average molecular weight is 314 g/mol. The van der Waals surface area contributed by atoms with E-state index in [-0.39, 0.29) is 67.9 Å². The van der Waals surface area contributed by atoms with Crippen molar-refractivity contribution in [3.8, 4) is 0 Å². The van der Waals surface area contributed by atoms with Crippen LogP contribution in [0.25, 0.3) is 0 Å². The van der Waals surface area contributed by atoms with Crippen molar-refractivity contribution in [1.29, 1.82) is 5.41 Å². The molecule has 0 radical (unpaired) electrons. The van der Waals surface area contributed by atoms with Crippen molar-refractivity contribution in [2.75, 3.05) is 6.54 Å². The van der Waals surface area contributed by atoms with E-state index in [2.05, 4.69) is 17.2 Å². The van der Waals surface area contributed by atoms with Crippen molar-refractivity contribution in [2.24, 2.45) is 16.5 Å². The third kappa shape index (κ3) is 39.0. The van der Waals surface area contributed by atoms with Gasteiger partial charge in [-0.05, 0) is 6.42 Å². The number of hydrogen-bond acceptors (Lipinski definition) is 2. The molecule has 0 aliphatic rings. The van der Waals surface area contributed by atoms with Gasteiger partial charge in [-0.3, -0.25) is 15.7 Å². The minimum Gasteiger partial charge on any atom is -0.412 e. The molecule has 14 N–H and O–H groups in total. The van der Waals surface area contributed by atoms with E-state index < -0.39 is 0 Å². The van der Waals surface area contributed by atoms with Crippen LogP contribution in [-0.2, 0) is 21.7 Å². The van der Waals surface area contributed by atoms with E-state index in [1.807, 2.05) is 0 Å².